The van der Waals surface area contributed by atoms with Gasteiger partial charge in [0.1, 0.15) is 5.75 Å². The normalized spacial score (nSPS) is 19.2. The molecule has 2 aliphatic heterocycles. The summed E-state index contributed by atoms with van der Waals surface area (Å²) in [6, 6.07) is 6.10. The monoisotopic (exact) mass is 391 g/mol. The summed E-state index contributed by atoms with van der Waals surface area (Å²) in [4.78, 5) is 4.80. The predicted octanol–water partition coefficient (Wildman–Crippen LogP) is 2.85. The number of fused-ring (bicyclic) bond motifs is 2. The standard InChI is InChI=1S/C18H22BrN3O2/c1-23-14-2-3-15(19)13(10-14)11-22-12-20-17-16(22)4-7-21-18(17)5-8-24-9-6-18/h2-3,10,12,21H,4-9,11H2,1H3. The van der Waals surface area contributed by atoms with Gasteiger partial charge in [0, 0.05) is 36.3 Å². The second-order valence-corrected chi connectivity index (χ2v) is 7.35. The molecule has 1 aromatic heterocycles. The lowest BCUT2D eigenvalue weighted by Gasteiger charge is -2.40. The van der Waals surface area contributed by atoms with Gasteiger partial charge in [0.25, 0.3) is 0 Å². The molecule has 1 aromatic carbocycles. The molecular formula is C18H22BrN3O2. The van der Waals surface area contributed by atoms with E-state index >= 15 is 0 Å². The van der Waals surface area contributed by atoms with E-state index in [-0.39, 0.29) is 5.54 Å². The summed E-state index contributed by atoms with van der Waals surface area (Å²) in [5, 5.41) is 3.71. The molecule has 0 unspecified atom stereocenters. The second kappa shape index (κ2) is 6.50. The van der Waals surface area contributed by atoms with Crippen molar-refractivity contribution in [2.45, 2.75) is 31.3 Å². The van der Waals surface area contributed by atoms with Gasteiger partial charge in [-0.25, -0.2) is 4.98 Å². The van der Waals surface area contributed by atoms with E-state index in [1.165, 1.54) is 17.0 Å². The first kappa shape index (κ1) is 16.1. The molecule has 1 N–H and O–H groups in total. The molecule has 2 aliphatic rings. The molecule has 5 nitrogen and oxygen atoms in total. The zero-order chi connectivity index (χ0) is 16.6. The molecular weight excluding hydrogens is 370 g/mol. The van der Waals surface area contributed by atoms with Gasteiger partial charge in [-0.3, -0.25) is 0 Å². The Balaban J connectivity index is 1.67. The van der Waals surface area contributed by atoms with Crippen LogP contribution in [0, 0.1) is 0 Å². The van der Waals surface area contributed by atoms with Crippen LogP contribution in [-0.4, -0.2) is 36.4 Å². The van der Waals surface area contributed by atoms with E-state index < -0.39 is 0 Å². The summed E-state index contributed by atoms with van der Waals surface area (Å²) < 4.78 is 14.3. The first-order chi connectivity index (χ1) is 11.7. The number of rotatable bonds is 3. The van der Waals surface area contributed by atoms with Crippen molar-refractivity contribution in [3.05, 3.63) is 46.0 Å². The number of nitrogens with zero attached hydrogens (tertiary/aromatic N) is 2. The van der Waals surface area contributed by atoms with E-state index in [9.17, 15) is 0 Å². The topological polar surface area (TPSA) is 48.3 Å². The van der Waals surface area contributed by atoms with E-state index in [4.69, 9.17) is 14.5 Å². The summed E-state index contributed by atoms with van der Waals surface area (Å²) >= 11 is 3.65. The van der Waals surface area contributed by atoms with Crippen molar-refractivity contribution in [1.82, 2.24) is 14.9 Å². The molecule has 128 valence electrons. The molecule has 0 aliphatic carbocycles. The van der Waals surface area contributed by atoms with Gasteiger partial charge in [-0.05, 0) is 36.6 Å². The number of hydrogen-bond acceptors (Lipinski definition) is 4. The number of methoxy groups -OCH3 is 1. The zero-order valence-corrected chi connectivity index (χ0v) is 15.4. The van der Waals surface area contributed by atoms with Gasteiger partial charge in [-0.2, -0.15) is 0 Å². The Hall–Kier alpha value is -1.37. The number of aromatic nitrogens is 2. The number of halogens is 1. The molecule has 1 fully saturated rings. The predicted molar refractivity (Wildman–Crippen MR) is 95.5 cm³/mol. The number of benzene rings is 1. The highest BCUT2D eigenvalue weighted by Crippen LogP contribution is 2.36. The van der Waals surface area contributed by atoms with Crippen molar-refractivity contribution in [2.75, 3.05) is 26.9 Å². The van der Waals surface area contributed by atoms with Crippen molar-refractivity contribution < 1.29 is 9.47 Å². The van der Waals surface area contributed by atoms with Crippen molar-refractivity contribution in [3.8, 4) is 5.75 Å². The summed E-state index contributed by atoms with van der Waals surface area (Å²) in [7, 11) is 1.70. The van der Waals surface area contributed by atoms with E-state index in [1.54, 1.807) is 7.11 Å². The molecule has 6 heteroatoms. The Morgan fingerprint density at radius 3 is 3.00 bits per heavy atom. The minimum absolute atomic E-state index is 0.00267. The van der Waals surface area contributed by atoms with Crippen molar-refractivity contribution in [2.24, 2.45) is 0 Å². The minimum atomic E-state index is 0.00267. The maximum absolute atomic E-state index is 5.56. The average Bonchev–Trinajstić information content (AvgIpc) is 3.02. The third kappa shape index (κ3) is 2.76. The quantitative estimate of drug-likeness (QED) is 0.873. The molecule has 4 rings (SSSR count). The summed E-state index contributed by atoms with van der Waals surface area (Å²) in [5.41, 5.74) is 3.78. The highest BCUT2D eigenvalue weighted by Gasteiger charge is 2.40. The fraction of sp³-hybridized carbons (Fsp3) is 0.500. The number of imidazole rings is 1. The summed E-state index contributed by atoms with van der Waals surface area (Å²) in [6.07, 6.45) is 5.00. The molecule has 24 heavy (non-hydrogen) atoms. The Morgan fingerprint density at radius 1 is 1.38 bits per heavy atom. The Labute approximate surface area is 150 Å². The molecule has 0 bridgehead atoms. The van der Waals surface area contributed by atoms with Crippen molar-refractivity contribution in [1.29, 1.82) is 0 Å². The van der Waals surface area contributed by atoms with Gasteiger partial charge in [-0.15, -0.1) is 0 Å². The summed E-state index contributed by atoms with van der Waals surface area (Å²) in [6.45, 7) is 3.41. The van der Waals surface area contributed by atoms with Gasteiger partial charge >= 0.3 is 0 Å². The van der Waals surface area contributed by atoms with Crippen LogP contribution in [0.3, 0.4) is 0 Å². The minimum Gasteiger partial charge on any atom is -0.497 e. The summed E-state index contributed by atoms with van der Waals surface area (Å²) in [5.74, 6) is 0.879. The SMILES string of the molecule is COc1ccc(Br)c(Cn2cnc3c2CCNC32CCOCC2)c1. The lowest BCUT2D eigenvalue weighted by Crippen LogP contribution is -2.51. The van der Waals surface area contributed by atoms with Crippen LogP contribution in [0.15, 0.2) is 29.0 Å². The van der Waals surface area contributed by atoms with E-state index in [2.05, 4.69) is 31.9 Å². The van der Waals surface area contributed by atoms with Gasteiger partial charge in [-0.1, -0.05) is 15.9 Å². The van der Waals surface area contributed by atoms with Crippen LogP contribution in [0.5, 0.6) is 5.75 Å². The fourth-order valence-corrected chi connectivity index (χ4v) is 4.20. The number of hydrogen-bond donors (Lipinski definition) is 1. The van der Waals surface area contributed by atoms with Crippen molar-refractivity contribution in [3.63, 3.8) is 0 Å². The smallest absolute Gasteiger partial charge is 0.119 e. The second-order valence-electron chi connectivity index (χ2n) is 6.50. The highest BCUT2D eigenvalue weighted by molar-refractivity contribution is 9.10. The maximum atomic E-state index is 5.56. The molecule has 0 atom stereocenters. The van der Waals surface area contributed by atoms with E-state index in [0.29, 0.717) is 0 Å². The van der Waals surface area contributed by atoms with Crippen LogP contribution >= 0.6 is 15.9 Å². The van der Waals surface area contributed by atoms with E-state index in [0.717, 1.165) is 55.8 Å². The average molecular weight is 392 g/mol. The first-order valence-electron chi connectivity index (χ1n) is 8.41. The van der Waals surface area contributed by atoms with Gasteiger partial charge in [0.05, 0.1) is 31.2 Å². The molecule has 0 saturated carbocycles. The number of ether oxygens (including phenoxy) is 2. The van der Waals surface area contributed by atoms with Crippen molar-refractivity contribution >= 4 is 15.9 Å². The lowest BCUT2D eigenvalue weighted by molar-refractivity contribution is 0.0322. The van der Waals surface area contributed by atoms with Gasteiger partial charge in [0.15, 0.2) is 0 Å². The lowest BCUT2D eigenvalue weighted by atomic mass is 9.82. The zero-order valence-electron chi connectivity index (χ0n) is 13.8. The fourth-order valence-electron chi connectivity index (χ4n) is 3.83. The van der Waals surface area contributed by atoms with Gasteiger partial charge in [0.2, 0.25) is 0 Å². The molecule has 3 heterocycles. The molecule has 1 saturated heterocycles. The Kier molecular flexibility index (Phi) is 4.37. The van der Waals surface area contributed by atoms with Crippen LogP contribution in [0.4, 0.5) is 0 Å². The third-order valence-corrected chi connectivity index (χ3v) is 5.94. The largest absolute Gasteiger partial charge is 0.497 e. The highest BCUT2D eigenvalue weighted by atomic mass is 79.9. The van der Waals surface area contributed by atoms with Crippen LogP contribution in [0.25, 0.3) is 0 Å². The molecule has 2 aromatic rings. The molecule has 1 spiro atoms. The van der Waals surface area contributed by atoms with Crippen LogP contribution in [-0.2, 0) is 23.2 Å². The first-order valence-corrected chi connectivity index (χ1v) is 9.21. The molecule has 0 amide bonds. The third-order valence-electron chi connectivity index (χ3n) is 5.16. The Bertz CT molecular complexity index is 738. The van der Waals surface area contributed by atoms with Crippen LogP contribution < -0.4 is 10.1 Å². The van der Waals surface area contributed by atoms with Crippen LogP contribution in [0.1, 0.15) is 29.8 Å². The number of nitrogens with one attached hydrogen (secondary N) is 1. The molecule has 0 radical (unpaired) electrons. The Morgan fingerprint density at radius 2 is 2.21 bits per heavy atom. The van der Waals surface area contributed by atoms with Crippen LogP contribution in [0.2, 0.25) is 0 Å². The van der Waals surface area contributed by atoms with Gasteiger partial charge < -0.3 is 19.4 Å². The maximum Gasteiger partial charge on any atom is 0.119 e. The van der Waals surface area contributed by atoms with E-state index in [1.807, 2.05) is 18.5 Å².